The number of rotatable bonds is 9. The third-order valence-electron chi connectivity index (χ3n) is 7.93. The number of piperazine rings is 1. The number of nitrogens with zero attached hydrogens (tertiary/aromatic N) is 3. The van der Waals surface area contributed by atoms with Gasteiger partial charge in [-0.1, -0.05) is 43.3 Å². The van der Waals surface area contributed by atoms with E-state index in [-0.39, 0.29) is 18.5 Å². The van der Waals surface area contributed by atoms with Crippen LogP contribution in [0.3, 0.4) is 0 Å². The first-order chi connectivity index (χ1) is 20.5. The van der Waals surface area contributed by atoms with Gasteiger partial charge in [-0.05, 0) is 72.0 Å². The van der Waals surface area contributed by atoms with Gasteiger partial charge in [0.05, 0.1) is 6.61 Å². The highest BCUT2D eigenvalue weighted by Crippen LogP contribution is 2.34. The second-order valence-electron chi connectivity index (χ2n) is 10.4. The second kappa shape index (κ2) is 13.1. The van der Waals surface area contributed by atoms with E-state index >= 15 is 0 Å². The van der Waals surface area contributed by atoms with Crippen molar-refractivity contribution >= 4 is 11.6 Å². The fourth-order valence-electron chi connectivity index (χ4n) is 5.74. The highest BCUT2D eigenvalue weighted by Gasteiger charge is 2.31. The molecule has 5 rings (SSSR count). The van der Waals surface area contributed by atoms with Crippen molar-refractivity contribution in [2.75, 3.05) is 31.1 Å². The predicted molar refractivity (Wildman–Crippen MR) is 166 cm³/mol. The number of aromatic nitrogens is 1. The summed E-state index contributed by atoms with van der Waals surface area (Å²) < 4.78 is 20.6. The first-order valence-electron chi connectivity index (χ1n) is 14.5. The molecule has 218 valence electrons. The largest absolute Gasteiger partial charge is 0.478 e. The Morgan fingerprint density at radius 3 is 2.43 bits per heavy atom. The van der Waals surface area contributed by atoms with Crippen LogP contribution in [0.25, 0.3) is 22.3 Å². The zero-order valence-corrected chi connectivity index (χ0v) is 24.2. The summed E-state index contributed by atoms with van der Waals surface area (Å²) in [5.74, 6) is 0.0837. The number of carbonyl (C=O) groups is 1. The van der Waals surface area contributed by atoms with Crippen LogP contribution in [0.2, 0.25) is 0 Å². The van der Waals surface area contributed by atoms with E-state index in [0.29, 0.717) is 55.4 Å². The molecule has 1 aliphatic rings. The van der Waals surface area contributed by atoms with Crippen LogP contribution >= 0.6 is 0 Å². The number of nitrogens with two attached hydrogens (primary N) is 2. The van der Waals surface area contributed by atoms with Gasteiger partial charge >= 0.3 is 0 Å². The van der Waals surface area contributed by atoms with Crippen LogP contribution in [-0.4, -0.2) is 48.1 Å². The Morgan fingerprint density at radius 1 is 0.929 bits per heavy atom. The maximum absolute atomic E-state index is 14.8. The zero-order chi connectivity index (χ0) is 29.6. The van der Waals surface area contributed by atoms with Gasteiger partial charge in [-0.25, -0.2) is 9.37 Å². The number of pyridine rings is 1. The van der Waals surface area contributed by atoms with E-state index in [1.54, 1.807) is 12.3 Å². The monoisotopic (exact) mass is 567 g/mol. The molecule has 0 aliphatic carbocycles. The molecule has 2 heterocycles. The Bertz CT molecular complexity index is 1540. The van der Waals surface area contributed by atoms with Crippen LogP contribution in [0.5, 0.6) is 5.88 Å². The molecular formula is C34H38FN5O2. The maximum Gasteiger partial charge on any atom is 0.254 e. The lowest BCUT2D eigenvalue weighted by atomic mass is 9.95. The van der Waals surface area contributed by atoms with Gasteiger partial charge in [-0.3, -0.25) is 4.79 Å². The Hall–Kier alpha value is -4.27. The third-order valence-corrected chi connectivity index (χ3v) is 7.93. The topological polar surface area (TPSA) is 97.7 Å². The number of hydrogen-bond acceptors (Lipinski definition) is 6. The molecule has 4 N–H and O–H groups in total. The normalized spacial score (nSPS) is 15.1. The molecule has 0 saturated carbocycles. The molecule has 1 atom stereocenters. The molecule has 1 fully saturated rings. The zero-order valence-electron chi connectivity index (χ0n) is 24.2. The molecule has 1 saturated heterocycles. The van der Waals surface area contributed by atoms with Gasteiger partial charge in [-0.15, -0.1) is 0 Å². The van der Waals surface area contributed by atoms with Gasteiger partial charge in [0.15, 0.2) is 0 Å². The number of amides is 1. The summed E-state index contributed by atoms with van der Waals surface area (Å²) >= 11 is 0. The molecule has 0 bridgehead atoms. The molecule has 0 radical (unpaired) electrons. The average molecular weight is 568 g/mol. The van der Waals surface area contributed by atoms with Crippen molar-refractivity contribution in [3.63, 3.8) is 0 Å². The number of anilines is 1. The molecule has 0 spiro atoms. The molecule has 1 amide bonds. The molecule has 0 unspecified atom stereocenters. The number of ether oxygens (including phenoxy) is 1. The molecule has 1 aromatic heterocycles. The predicted octanol–water partition coefficient (Wildman–Crippen LogP) is 5.61. The van der Waals surface area contributed by atoms with Gasteiger partial charge in [-0.2, -0.15) is 0 Å². The number of carbonyl (C=O) groups excluding carboxylic acids is 1. The average Bonchev–Trinajstić information content (AvgIpc) is 3.04. The highest BCUT2D eigenvalue weighted by molar-refractivity contribution is 6.01. The Labute approximate surface area is 246 Å². The summed E-state index contributed by atoms with van der Waals surface area (Å²) in [4.78, 5) is 22.6. The van der Waals surface area contributed by atoms with Gasteiger partial charge in [0, 0.05) is 67.3 Å². The molecule has 7 nitrogen and oxygen atoms in total. The van der Waals surface area contributed by atoms with Gasteiger partial charge < -0.3 is 26.0 Å². The van der Waals surface area contributed by atoms with E-state index in [4.69, 9.17) is 16.2 Å². The molecule has 3 aromatic carbocycles. The SMILES string of the molecule is CCOc1ncccc1-c1ccc(N2CCN(C(=O)c3cc(CN)c(F)cc3-c3ccccc3)C[C@H]2CC)c(CN)c1. The second-order valence-corrected chi connectivity index (χ2v) is 10.4. The summed E-state index contributed by atoms with van der Waals surface area (Å²) in [5, 5.41) is 0. The molecular weight excluding hydrogens is 529 g/mol. The lowest BCUT2D eigenvalue weighted by molar-refractivity contribution is 0.0721. The van der Waals surface area contributed by atoms with Crippen LogP contribution in [0.4, 0.5) is 10.1 Å². The van der Waals surface area contributed by atoms with Crippen molar-refractivity contribution in [1.29, 1.82) is 0 Å². The lowest BCUT2D eigenvalue weighted by Gasteiger charge is -2.43. The Kier molecular flexibility index (Phi) is 9.15. The Morgan fingerprint density at radius 2 is 1.71 bits per heavy atom. The van der Waals surface area contributed by atoms with Gasteiger partial charge in [0.2, 0.25) is 5.88 Å². The summed E-state index contributed by atoms with van der Waals surface area (Å²) in [6.07, 6.45) is 2.57. The smallest absolute Gasteiger partial charge is 0.254 e. The lowest BCUT2D eigenvalue weighted by Crippen LogP contribution is -2.55. The number of hydrogen-bond donors (Lipinski definition) is 2. The molecule has 1 aliphatic heterocycles. The van der Waals surface area contributed by atoms with Crippen molar-refractivity contribution in [3.05, 3.63) is 102 Å². The quantitative estimate of drug-likeness (QED) is 0.273. The van der Waals surface area contributed by atoms with Gasteiger partial charge in [0.1, 0.15) is 5.82 Å². The van der Waals surface area contributed by atoms with E-state index in [1.807, 2.05) is 54.3 Å². The van der Waals surface area contributed by atoms with E-state index < -0.39 is 5.82 Å². The summed E-state index contributed by atoms with van der Waals surface area (Å²) in [7, 11) is 0. The van der Waals surface area contributed by atoms with Crippen LogP contribution in [0.15, 0.2) is 79.0 Å². The minimum Gasteiger partial charge on any atom is -0.478 e. The summed E-state index contributed by atoms with van der Waals surface area (Å²) in [6, 6.07) is 22.8. The van der Waals surface area contributed by atoms with Crippen molar-refractivity contribution < 1.29 is 13.9 Å². The number of benzene rings is 3. The maximum atomic E-state index is 14.8. The van der Waals surface area contributed by atoms with Crippen molar-refractivity contribution in [2.45, 2.75) is 39.4 Å². The number of halogens is 1. The summed E-state index contributed by atoms with van der Waals surface area (Å²) in [5.41, 5.74) is 18.3. The van der Waals surface area contributed by atoms with Crippen LogP contribution in [0, 0.1) is 5.82 Å². The van der Waals surface area contributed by atoms with E-state index in [2.05, 4.69) is 35.0 Å². The molecule has 8 heteroatoms. The van der Waals surface area contributed by atoms with Crippen molar-refractivity contribution in [2.24, 2.45) is 11.5 Å². The van der Waals surface area contributed by atoms with Gasteiger partial charge in [0.25, 0.3) is 5.91 Å². The van der Waals surface area contributed by atoms with Crippen LogP contribution < -0.4 is 21.1 Å². The fraction of sp³-hybridized carbons (Fsp3) is 0.294. The summed E-state index contributed by atoms with van der Waals surface area (Å²) in [6.45, 7) is 6.73. The van der Waals surface area contributed by atoms with Crippen molar-refractivity contribution in [1.82, 2.24) is 9.88 Å². The fourth-order valence-corrected chi connectivity index (χ4v) is 5.74. The van der Waals surface area contributed by atoms with Crippen LogP contribution in [-0.2, 0) is 13.1 Å². The van der Waals surface area contributed by atoms with E-state index in [9.17, 15) is 9.18 Å². The van der Waals surface area contributed by atoms with E-state index in [0.717, 1.165) is 34.4 Å². The first-order valence-corrected chi connectivity index (χ1v) is 14.5. The molecule has 4 aromatic rings. The highest BCUT2D eigenvalue weighted by atomic mass is 19.1. The molecule has 42 heavy (non-hydrogen) atoms. The van der Waals surface area contributed by atoms with Crippen molar-refractivity contribution in [3.8, 4) is 28.1 Å². The van der Waals surface area contributed by atoms with E-state index in [1.165, 1.54) is 6.07 Å². The standard InChI is InChI=1S/C34H38FN5O2/c1-3-27-22-39(34(41)30-18-25(20-36)31(35)19-29(30)23-9-6-5-7-10-23)15-16-40(27)32-13-12-24(17-26(32)21-37)28-11-8-14-38-33(28)42-4-2/h5-14,17-19,27H,3-4,15-16,20-22,36-37H2,1-2H3/t27-/m1/s1. The minimum atomic E-state index is -0.401. The van der Waals surface area contributed by atoms with Crippen LogP contribution in [0.1, 0.15) is 41.8 Å². The Balaban J connectivity index is 1.42. The third kappa shape index (κ3) is 5.86. The first kappa shape index (κ1) is 29.2. The minimum absolute atomic E-state index is 0.0233.